The molecule has 30 heavy (non-hydrogen) atoms. The number of rotatable bonds is 8. The van der Waals surface area contributed by atoms with Crippen LogP contribution in [0.3, 0.4) is 0 Å². The molecule has 1 aromatic heterocycles. The van der Waals surface area contributed by atoms with Crippen LogP contribution in [0.25, 0.3) is 22.4 Å². The normalized spacial score (nSPS) is 10.3. The lowest BCUT2D eigenvalue weighted by molar-refractivity contribution is -0.137. The predicted molar refractivity (Wildman–Crippen MR) is 113 cm³/mol. The van der Waals surface area contributed by atoms with Gasteiger partial charge in [-0.2, -0.15) is 5.26 Å². The summed E-state index contributed by atoms with van der Waals surface area (Å²) in [6.07, 6.45) is 0.518. The van der Waals surface area contributed by atoms with E-state index in [0.717, 1.165) is 11.1 Å². The first-order valence-corrected chi connectivity index (χ1v) is 9.36. The van der Waals surface area contributed by atoms with Crippen molar-refractivity contribution in [3.8, 4) is 40.0 Å². The number of benzene rings is 2. The van der Waals surface area contributed by atoms with Crippen LogP contribution in [-0.4, -0.2) is 34.8 Å². The number of carbonyl (C=O) groups is 1. The van der Waals surface area contributed by atoms with Gasteiger partial charge in [0, 0.05) is 18.5 Å². The summed E-state index contributed by atoms with van der Waals surface area (Å²) in [6, 6.07) is 17.9. The van der Waals surface area contributed by atoms with Crippen molar-refractivity contribution in [3.63, 3.8) is 0 Å². The van der Waals surface area contributed by atoms with E-state index in [-0.39, 0.29) is 12.2 Å². The second kappa shape index (κ2) is 9.43. The number of hydrogen-bond acceptors (Lipinski definition) is 6. The van der Waals surface area contributed by atoms with Crippen molar-refractivity contribution < 1.29 is 19.7 Å². The maximum Gasteiger partial charge on any atom is 0.303 e. The zero-order chi connectivity index (χ0) is 21.5. The molecule has 0 unspecified atom stereocenters. The molecule has 3 aromatic rings. The van der Waals surface area contributed by atoms with Gasteiger partial charge in [0.15, 0.2) is 0 Å². The third kappa shape index (κ3) is 5.06. The molecule has 2 aromatic carbocycles. The fourth-order valence-corrected chi connectivity index (χ4v) is 2.97. The van der Waals surface area contributed by atoms with E-state index in [4.69, 9.17) is 15.1 Å². The maximum absolute atomic E-state index is 10.7. The molecular weight excluding hydrogens is 382 g/mol. The molecule has 0 amide bonds. The van der Waals surface area contributed by atoms with Crippen LogP contribution < -0.4 is 10.1 Å². The average Bonchev–Trinajstić information content (AvgIpc) is 2.77. The Morgan fingerprint density at radius 2 is 1.90 bits per heavy atom. The number of hydrogen-bond donors (Lipinski definition) is 3. The number of carboxylic acids is 1. The number of phenols is 1. The van der Waals surface area contributed by atoms with Gasteiger partial charge in [0.25, 0.3) is 0 Å². The summed E-state index contributed by atoms with van der Waals surface area (Å²) in [5, 5.41) is 31.4. The Bertz CT molecular complexity index is 1090. The molecule has 0 aliphatic carbocycles. The molecule has 7 nitrogen and oxygen atoms in total. The largest absolute Gasteiger partial charge is 0.507 e. The molecule has 0 fully saturated rings. The second-order valence-electron chi connectivity index (χ2n) is 6.62. The van der Waals surface area contributed by atoms with Gasteiger partial charge in [-0.05, 0) is 60.0 Å². The predicted octanol–water partition coefficient (Wildman–Crippen LogP) is 4.28. The monoisotopic (exact) mass is 403 g/mol. The smallest absolute Gasteiger partial charge is 0.303 e. The molecule has 0 bridgehead atoms. The maximum atomic E-state index is 10.7. The summed E-state index contributed by atoms with van der Waals surface area (Å²) in [7, 11) is 1.55. The van der Waals surface area contributed by atoms with Crippen LogP contribution in [0.15, 0.2) is 54.6 Å². The minimum Gasteiger partial charge on any atom is -0.507 e. The van der Waals surface area contributed by atoms with Crippen LogP contribution in [0.5, 0.6) is 11.5 Å². The molecule has 0 radical (unpaired) electrons. The standard InChI is InChI=1S/C23H21N3O4/c1-30-18-8-9-21(27)19(13-18)20-11-17(16-6-4-15(14-24)5-7-16)12-22(26-20)25-10-2-3-23(28)29/h4-9,11-13,27H,2-3,10H2,1H3,(H,25,26)(H,28,29). The lowest BCUT2D eigenvalue weighted by Crippen LogP contribution is -2.06. The SMILES string of the molecule is COc1ccc(O)c(-c2cc(-c3ccc(C#N)cc3)cc(NCCCC(=O)O)n2)c1. The minimum atomic E-state index is -0.849. The number of pyridine rings is 1. The summed E-state index contributed by atoms with van der Waals surface area (Å²) < 4.78 is 5.26. The van der Waals surface area contributed by atoms with Gasteiger partial charge in [0.05, 0.1) is 24.4 Å². The van der Waals surface area contributed by atoms with Crippen molar-refractivity contribution in [1.29, 1.82) is 5.26 Å². The highest BCUT2D eigenvalue weighted by Gasteiger charge is 2.12. The lowest BCUT2D eigenvalue weighted by Gasteiger charge is -2.13. The second-order valence-corrected chi connectivity index (χ2v) is 6.62. The molecule has 0 saturated heterocycles. The highest BCUT2D eigenvalue weighted by Crippen LogP contribution is 2.35. The number of nitrogens with zero attached hydrogens (tertiary/aromatic N) is 2. The first-order valence-electron chi connectivity index (χ1n) is 9.36. The number of anilines is 1. The summed E-state index contributed by atoms with van der Waals surface area (Å²) in [6.45, 7) is 0.444. The van der Waals surface area contributed by atoms with E-state index in [1.807, 2.05) is 24.3 Å². The Morgan fingerprint density at radius 3 is 2.57 bits per heavy atom. The van der Waals surface area contributed by atoms with Gasteiger partial charge in [0.1, 0.15) is 17.3 Å². The van der Waals surface area contributed by atoms with Crippen LogP contribution in [0.4, 0.5) is 5.82 Å². The van der Waals surface area contributed by atoms with Gasteiger partial charge in [-0.1, -0.05) is 12.1 Å². The highest BCUT2D eigenvalue weighted by atomic mass is 16.5. The zero-order valence-electron chi connectivity index (χ0n) is 16.4. The Kier molecular flexibility index (Phi) is 6.50. The first kappa shape index (κ1) is 20.7. The van der Waals surface area contributed by atoms with E-state index < -0.39 is 5.97 Å². The third-order valence-corrected chi connectivity index (χ3v) is 4.53. The van der Waals surface area contributed by atoms with E-state index >= 15 is 0 Å². The summed E-state index contributed by atoms with van der Waals surface area (Å²) in [4.78, 5) is 15.3. The van der Waals surface area contributed by atoms with Crippen LogP contribution in [0.2, 0.25) is 0 Å². The van der Waals surface area contributed by atoms with Crippen molar-refractivity contribution in [1.82, 2.24) is 4.98 Å². The molecule has 0 aliphatic heterocycles. The molecular formula is C23H21N3O4. The summed E-state index contributed by atoms with van der Waals surface area (Å²) in [5.74, 6) is 0.360. The average molecular weight is 403 g/mol. The quantitative estimate of drug-likeness (QED) is 0.481. The fourth-order valence-electron chi connectivity index (χ4n) is 2.97. The molecule has 1 heterocycles. The highest BCUT2D eigenvalue weighted by molar-refractivity contribution is 5.77. The van der Waals surface area contributed by atoms with E-state index in [2.05, 4.69) is 16.4 Å². The van der Waals surface area contributed by atoms with E-state index in [9.17, 15) is 9.90 Å². The third-order valence-electron chi connectivity index (χ3n) is 4.53. The van der Waals surface area contributed by atoms with E-state index in [1.54, 1.807) is 37.4 Å². The number of phenolic OH excluding ortho intramolecular Hbond substituents is 1. The number of ether oxygens (including phenoxy) is 1. The van der Waals surface area contributed by atoms with Crippen molar-refractivity contribution in [3.05, 3.63) is 60.2 Å². The van der Waals surface area contributed by atoms with Gasteiger partial charge >= 0.3 is 5.97 Å². The lowest BCUT2D eigenvalue weighted by atomic mass is 10.0. The number of aromatic nitrogens is 1. The van der Waals surface area contributed by atoms with Crippen LogP contribution >= 0.6 is 0 Å². The Hall–Kier alpha value is -4.05. The Morgan fingerprint density at radius 1 is 1.13 bits per heavy atom. The molecule has 152 valence electrons. The molecule has 3 rings (SSSR count). The van der Waals surface area contributed by atoms with Crippen molar-refractivity contribution >= 4 is 11.8 Å². The number of aliphatic carboxylic acids is 1. The Balaban J connectivity index is 2.01. The summed E-state index contributed by atoms with van der Waals surface area (Å²) >= 11 is 0. The minimum absolute atomic E-state index is 0.0614. The molecule has 0 saturated carbocycles. The number of nitrogens with one attached hydrogen (secondary N) is 1. The van der Waals surface area contributed by atoms with Crippen molar-refractivity contribution in [2.24, 2.45) is 0 Å². The molecule has 7 heteroatoms. The number of carboxylic acid groups (broad SMARTS) is 1. The molecule has 0 atom stereocenters. The number of aromatic hydroxyl groups is 1. The topological polar surface area (TPSA) is 115 Å². The zero-order valence-corrected chi connectivity index (χ0v) is 16.4. The molecule has 3 N–H and O–H groups in total. The van der Waals surface area contributed by atoms with E-state index in [1.165, 1.54) is 0 Å². The van der Waals surface area contributed by atoms with Gasteiger partial charge in [-0.3, -0.25) is 4.79 Å². The van der Waals surface area contributed by atoms with Gasteiger partial charge in [0.2, 0.25) is 0 Å². The number of nitriles is 1. The first-order chi connectivity index (χ1) is 14.5. The van der Waals surface area contributed by atoms with Crippen LogP contribution in [-0.2, 0) is 4.79 Å². The van der Waals surface area contributed by atoms with Crippen molar-refractivity contribution in [2.45, 2.75) is 12.8 Å². The number of methoxy groups -OCH3 is 1. The fraction of sp³-hybridized carbons (Fsp3) is 0.174. The van der Waals surface area contributed by atoms with Gasteiger partial charge in [-0.25, -0.2) is 4.98 Å². The van der Waals surface area contributed by atoms with Gasteiger partial charge in [-0.15, -0.1) is 0 Å². The van der Waals surface area contributed by atoms with E-state index in [0.29, 0.717) is 41.4 Å². The summed E-state index contributed by atoms with van der Waals surface area (Å²) in [5.41, 5.74) is 3.33. The van der Waals surface area contributed by atoms with Crippen LogP contribution in [0.1, 0.15) is 18.4 Å². The molecule has 0 spiro atoms. The Labute approximate surface area is 174 Å². The molecule has 0 aliphatic rings. The van der Waals surface area contributed by atoms with Crippen LogP contribution in [0, 0.1) is 11.3 Å². The van der Waals surface area contributed by atoms with Crippen molar-refractivity contribution in [2.75, 3.05) is 19.0 Å². The van der Waals surface area contributed by atoms with Gasteiger partial charge < -0.3 is 20.3 Å².